The van der Waals surface area contributed by atoms with Gasteiger partial charge in [0.05, 0.1) is 5.56 Å². The molecule has 0 bridgehead atoms. The highest BCUT2D eigenvalue weighted by atomic mass is 19.4. The Kier molecular flexibility index (Phi) is 5.67. The summed E-state index contributed by atoms with van der Waals surface area (Å²) < 4.78 is 39.3. The average Bonchev–Trinajstić information content (AvgIpc) is 2.73. The summed E-state index contributed by atoms with van der Waals surface area (Å²) in [6.45, 7) is 3.70. The van der Waals surface area contributed by atoms with Crippen LogP contribution in [0.1, 0.15) is 48.8 Å². The number of aryl methyl sites for hydroxylation is 1. The van der Waals surface area contributed by atoms with E-state index in [0.29, 0.717) is 29.7 Å². The standard InChI is InChI=1S/C25H23F3N2O2/c1-14-9-11-16(12-10-14)22-21(15(2)29-19-7-4-8-20(31)23(19)22)24(32)30-18-6-3-5-17(13-18)25(26,27)28/h3,5-6,9-13,22,29H,4,7-8H2,1-2H3,(H,30,32). The van der Waals surface area contributed by atoms with E-state index in [-0.39, 0.29) is 11.5 Å². The van der Waals surface area contributed by atoms with Crippen LogP contribution in [0.3, 0.4) is 0 Å². The van der Waals surface area contributed by atoms with E-state index < -0.39 is 23.6 Å². The summed E-state index contributed by atoms with van der Waals surface area (Å²) in [5.74, 6) is -1.13. The molecule has 0 radical (unpaired) electrons. The molecule has 2 N–H and O–H groups in total. The van der Waals surface area contributed by atoms with Crippen molar-refractivity contribution in [3.63, 3.8) is 0 Å². The third-order valence-electron chi connectivity index (χ3n) is 5.88. The van der Waals surface area contributed by atoms with E-state index >= 15 is 0 Å². The molecule has 4 nitrogen and oxygen atoms in total. The quantitative estimate of drug-likeness (QED) is 0.651. The van der Waals surface area contributed by atoms with Gasteiger partial charge in [0.25, 0.3) is 5.91 Å². The van der Waals surface area contributed by atoms with E-state index in [4.69, 9.17) is 0 Å². The zero-order chi connectivity index (χ0) is 23.0. The van der Waals surface area contributed by atoms with Gasteiger partial charge < -0.3 is 10.6 Å². The SMILES string of the molecule is CC1=C(C(=O)Nc2cccc(C(F)(F)F)c2)C(c2ccc(C)cc2)C2=C(CCCC2=O)N1. The molecule has 32 heavy (non-hydrogen) atoms. The number of nitrogens with one attached hydrogen (secondary N) is 2. The third-order valence-corrected chi connectivity index (χ3v) is 5.88. The van der Waals surface area contributed by atoms with Crippen LogP contribution in [-0.2, 0) is 15.8 Å². The zero-order valence-corrected chi connectivity index (χ0v) is 17.8. The molecule has 2 aromatic carbocycles. The number of hydrogen-bond donors (Lipinski definition) is 2. The van der Waals surface area contributed by atoms with Crippen molar-refractivity contribution < 1.29 is 22.8 Å². The molecule has 0 aromatic heterocycles. The molecular weight excluding hydrogens is 417 g/mol. The molecule has 1 unspecified atom stereocenters. The predicted molar refractivity (Wildman–Crippen MR) is 116 cm³/mol. The maximum absolute atomic E-state index is 13.3. The van der Waals surface area contributed by atoms with Gasteiger partial charge in [0, 0.05) is 40.6 Å². The molecular formula is C25H23F3N2O2. The minimum absolute atomic E-state index is 0.0128. The second-order valence-corrected chi connectivity index (χ2v) is 8.21. The number of dihydropyridines is 1. The fourth-order valence-electron chi connectivity index (χ4n) is 4.35. The van der Waals surface area contributed by atoms with Crippen LogP contribution in [-0.4, -0.2) is 11.7 Å². The van der Waals surface area contributed by atoms with E-state index in [9.17, 15) is 22.8 Å². The first kappa shape index (κ1) is 21.9. The molecule has 4 rings (SSSR count). The second kappa shape index (κ2) is 8.30. The maximum Gasteiger partial charge on any atom is 0.416 e. The average molecular weight is 440 g/mol. The lowest BCUT2D eigenvalue weighted by molar-refractivity contribution is -0.137. The van der Waals surface area contributed by atoms with Crippen LogP contribution in [0.4, 0.5) is 18.9 Å². The van der Waals surface area contributed by atoms with Crippen molar-refractivity contribution in [1.29, 1.82) is 0 Å². The van der Waals surface area contributed by atoms with Gasteiger partial charge in [-0.1, -0.05) is 35.9 Å². The van der Waals surface area contributed by atoms with Crippen molar-refractivity contribution in [3.05, 3.63) is 87.8 Å². The minimum atomic E-state index is -4.51. The Morgan fingerprint density at radius 2 is 1.78 bits per heavy atom. The highest BCUT2D eigenvalue weighted by Gasteiger charge is 2.38. The molecule has 1 aliphatic carbocycles. The molecule has 0 spiro atoms. The Bertz CT molecular complexity index is 1140. The number of allylic oxidation sites excluding steroid dienone is 3. The van der Waals surface area contributed by atoms with Gasteiger partial charge >= 0.3 is 6.18 Å². The summed E-state index contributed by atoms with van der Waals surface area (Å²) in [5, 5.41) is 5.82. The molecule has 2 aliphatic rings. The number of anilines is 1. The predicted octanol–water partition coefficient (Wildman–Crippen LogP) is 5.62. The van der Waals surface area contributed by atoms with Crippen molar-refractivity contribution >= 4 is 17.4 Å². The Morgan fingerprint density at radius 1 is 1.06 bits per heavy atom. The molecule has 166 valence electrons. The smallest absolute Gasteiger partial charge is 0.362 e. The van der Waals surface area contributed by atoms with E-state index in [2.05, 4.69) is 10.6 Å². The number of hydrogen-bond acceptors (Lipinski definition) is 3. The summed E-state index contributed by atoms with van der Waals surface area (Å²) in [6, 6.07) is 12.1. The Hall–Kier alpha value is -3.35. The molecule has 1 atom stereocenters. The second-order valence-electron chi connectivity index (χ2n) is 8.21. The fraction of sp³-hybridized carbons (Fsp3) is 0.280. The molecule has 1 aliphatic heterocycles. The highest BCUT2D eigenvalue weighted by molar-refractivity contribution is 6.09. The molecule has 1 heterocycles. The number of amides is 1. The van der Waals surface area contributed by atoms with Gasteiger partial charge in [-0.3, -0.25) is 9.59 Å². The van der Waals surface area contributed by atoms with Gasteiger partial charge in [0.15, 0.2) is 5.78 Å². The number of rotatable bonds is 3. The summed E-state index contributed by atoms with van der Waals surface area (Å²) in [7, 11) is 0. The summed E-state index contributed by atoms with van der Waals surface area (Å²) in [5.41, 5.74) is 3.36. The number of alkyl halides is 3. The topological polar surface area (TPSA) is 58.2 Å². The molecule has 0 saturated carbocycles. The highest BCUT2D eigenvalue weighted by Crippen LogP contribution is 2.42. The van der Waals surface area contributed by atoms with E-state index in [1.807, 2.05) is 31.2 Å². The van der Waals surface area contributed by atoms with Crippen LogP contribution in [0.5, 0.6) is 0 Å². The molecule has 0 saturated heterocycles. The monoisotopic (exact) mass is 440 g/mol. The van der Waals surface area contributed by atoms with Gasteiger partial charge in [0.1, 0.15) is 0 Å². The summed E-state index contributed by atoms with van der Waals surface area (Å²) in [4.78, 5) is 26.2. The molecule has 2 aromatic rings. The lowest BCUT2D eigenvalue weighted by Gasteiger charge is -2.34. The van der Waals surface area contributed by atoms with Crippen LogP contribution >= 0.6 is 0 Å². The lowest BCUT2D eigenvalue weighted by atomic mass is 9.75. The third kappa shape index (κ3) is 4.20. The Balaban J connectivity index is 1.75. The largest absolute Gasteiger partial charge is 0.416 e. The maximum atomic E-state index is 13.3. The number of ketones is 1. The van der Waals surface area contributed by atoms with Gasteiger partial charge in [-0.2, -0.15) is 13.2 Å². The first-order valence-electron chi connectivity index (χ1n) is 10.4. The number of benzene rings is 2. The molecule has 7 heteroatoms. The Morgan fingerprint density at radius 3 is 2.47 bits per heavy atom. The van der Waals surface area contributed by atoms with Crippen LogP contribution < -0.4 is 10.6 Å². The van der Waals surface area contributed by atoms with Crippen LogP contribution in [0.25, 0.3) is 0 Å². The van der Waals surface area contributed by atoms with Crippen LogP contribution in [0.2, 0.25) is 0 Å². The summed E-state index contributed by atoms with van der Waals surface area (Å²) in [6.07, 6.45) is -2.65. The first-order valence-corrected chi connectivity index (χ1v) is 10.4. The van der Waals surface area contributed by atoms with E-state index in [0.717, 1.165) is 35.4 Å². The zero-order valence-electron chi connectivity index (χ0n) is 17.8. The molecule has 0 fully saturated rings. The van der Waals surface area contributed by atoms with Crippen molar-refractivity contribution in [2.75, 3.05) is 5.32 Å². The molecule has 1 amide bonds. The van der Waals surface area contributed by atoms with Crippen LogP contribution in [0, 0.1) is 6.92 Å². The first-order chi connectivity index (χ1) is 15.1. The van der Waals surface area contributed by atoms with Crippen molar-refractivity contribution in [2.45, 2.75) is 45.2 Å². The van der Waals surface area contributed by atoms with Crippen LogP contribution in [0.15, 0.2) is 71.1 Å². The van der Waals surface area contributed by atoms with Gasteiger partial charge in [0.2, 0.25) is 0 Å². The Labute approximate surface area is 184 Å². The number of halogens is 3. The summed E-state index contributed by atoms with van der Waals surface area (Å²) >= 11 is 0. The number of carbonyl (C=O) groups excluding carboxylic acids is 2. The van der Waals surface area contributed by atoms with E-state index in [1.165, 1.54) is 12.1 Å². The van der Waals surface area contributed by atoms with Crippen molar-refractivity contribution in [3.8, 4) is 0 Å². The lowest BCUT2D eigenvalue weighted by Crippen LogP contribution is -2.35. The number of Topliss-reactive ketones (excluding diaryl/α,β-unsaturated/α-hetero) is 1. The van der Waals surface area contributed by atoms with Crippen molar-refractivity contribution in [2.24, 2.45) is 0 Å². The van der Waals surface area contributed by atoms with Gasteiger partial charge in [-0.15, -0.1) is 0 Å². The van der Waals surface area contributed by atoms with Gasteiger partial charge in [-0.25, -0.2) is 0 Å². The fourth-order valence-corrected chi connectivity index (χ4v) is 4.35. The van der Waals surface area contributed by atoms with Crippen molar-refractivity contribution in [1.82, 2.24) is 5.32 Å². The minimum Gasteiger partial charge on any atom is -0.362 e. The van der Waals surface area contributed by atoms with Gasteiger partial charge in [-0.05, 0) is 50.5 Å². The van der Waals surface area contributed by atoms with E-state index in [1.54, 1.807) is 6.92 Å². The number of carbonyl (C=O) groups is 2. The normalized spacial score (nSPS) is 18.9.